The lowest BCUT2D eigenvalue weighted by Crippen LogP contribution is -2.28. The van der Waals surface area contributed by atoms with Gasteiger partial charge in [0.15, 0.2) is 0 Å². The quantitative estimate of drug-likeness (QED) is 0.396. The number of thioether (sulfide) groups is 1. The Labute approximate surface area is 191 Å². The molecule has 0 N–H and O–H groups in total. The molecule has 0 amide bonds. The van der Waals surface area contributed by atoms with Crippen LogP contribution in [0.2, 0.25) is 0 Å². The topological polar surface area (TPSA) is 75.5 Å². The second-order valence-electron chi connectivity index (χ2n) is 7.37. The van der Waals surface area contributed by atoms with Gasteiger partial charge in [-0.1, -0.05) is 42.5 Å². The van der Waals surface area contributed by atoms with E-state index in [1.165, 1.54) is 4.41 Å². The molecule has 0 aliphatic carbocycles. The maximum atomic E-state index is 13.5. The zero-order valence-corrected chi connectivity index (χ0v) is 18.9. The molecule has 1 aliphatic rings. The molecular formula is C24H20N4O2S2. The van der Waals surface area contributed by atoms with Crippen molar-refractivity contribution in [3.63, 3.8) is 0 Å². The molecule has 32 heavy (non-hydrogen) atoms. The number of nitrogens with zero attached hydrogens (tertiary/aromatic N) is 4. The number of hydrogen-bond donors (Lipinski definition) is 0. The number of hydrazone groups is 1. The van der Waals surface area contributed by atoms with E-state index in [0.717, 1.165) is 21.5 Å². The highest BCUT2D eigenvalue weighted by Crippen LogP contribution is 2.36. The summed E-state index contributed by atoms with van der Waals surface area (Å²) in [6.07, 6.45) is 4.08. The van der Waals surface area contributed by atoms with E-state index in [9.17, 15) is 8.42 Å². The summed E-state index contributed by atoms with van der Waals surface area (Å²) in [6, 6.07) is 23.3. The van der Waals surface area contributed by atoms with Crippen LogP contribution in [-0.2, 0) is 10.0 Å². The highest BCUT2D eigenvalue weighted by atomic mass is 32.2. The van der Waals surface area contributed by atoms with E-state index < -0.39 is 16.1 Å². The van der Waals surface area contributed by atoms with Crippen LogP contribution >= 0.6 is 11.8 Å². The van der Waals surface area contributed by atoms with Gasteiger partial charge in [0.25, 0.3) is 10.0 Å². The summed E-state index contributed by atoms with van der Waals surface area (Å²) in [6.45, 7) is 0. The van der Waals surface area contributed by atoms with Crippen molar-refractivity contribution in [3.05, 3.63) is 96.3 Å². The Morgan fingerprint density at radius 1 is 0.906 bits per heavy atom. The summed E-state index contributed by atoms with van der Waals surface area (Å²) in [4.78, 5) is 10.6. The van der Waals surface area contributed by atoms with Crippen LogP contribution in [0.15, 0.2) is 100.0 Å². The van der Waals surface area contributed by atoms with Crippen molar-refractivity contribution in [2.75, 3.05) is 6.26 Å². The van der Waals surface area contributed by atoms with E-state index in [1.54, 1.807) is 48.3 Å². The molecule has 5 rings (SSSR count). The molecule has 4 aromatic rings. The summed E-state index contributed by atoms with van der Waals surface area (Å²) >= 11 is 1.66. The predicted octanol–water partition coefficient (Wildman–Crippen LogP) is 4.89. The third-order valence-electron chi connectivity index (χ3n) is 5.39. The van der Waals surface area contributed by atoms with Gasteiger partial charge in [0.1, 0.15) is 6.04 Å². The molecule has 0 spiro atoms. The van der Waals surface area contributed by atoms with E-state index in [2.05, 4.69) is 10.1 Å². The van der Waals surface area contributed by atoms with Gasteiger partial charge in [0.05, 0.1) is 33.5 Å². The number of fused-ring (bicyclic) bond motifs is 1. The van der Waals surface area contributed by atoms with Gasteiger partial charge in [0.2, 0.25) is 0 Å². The molecule has 3 aromatic carbocycles. The molecule has 1 unspecified atom stereocenters. The summed E-state index contributed by atoms with van der Waals surface area (Å²) in [5.74, 6) is 0. The molecule has 2 heterocycles. The van der Waals surface area contributed by atoms with Crippen LogP contribution in [0.25, 0.3) is 11.0 Å². The predicted molar refractivity (Wildman–Crippen MR) is 127 cm³/mol. The number of rotatable bonds is 5. The lowest BCUT2D eigenvalue weighted by atomic mass is 10.0. The van der Waals surface area contributed by atoms with Crippen LogP contribution < -0.4 is 0 Å². The van der Waals surface area contributed by atoms with Crippen molar-refractivity contribution in [1.82, 2.24) is 14.4 Å². The van der Waals surface area contributed by atoms with E-state index in [-0.39, 0.29) is 4.90 Å². The van der Waals surface area contributed by atoms with Gasteiger partial charge in [-0.15, -0.1) is 11.8 Å². The zero-order chi connectivity index (χ0) is 22.1. The van der Waals surface area contributed by atoms with E-state index in [1.807, 2.05) is 54.8 Å². The second-order valence-corrected chi connectivity index (χ2v) is 10.0. The fourth-order valence-corrected chi connectivity index (χ4v) is 5.57. The molecule has 6 nitrogen and oxygen atoms in total. The average molecular weight is 461 g/mol. The first-order chi connectivity index (χ1) is 15.6. The van der Waals surface area contributed by atoms with Gasteiger partial charge in [-0.25, -0.2) is 4.98 Å². The van der Waals surface area contributed by atoms with Gasteiger partial charge in [0, 0.05) is 11.3 Å². The second kappa shape index (κ2) is 8.37. The number of sulfonamides is 1. The van der Waals surface area contributed by atoms with Crippen LogP contribution in [0.1, 0.15) is 23.7 Å². The standard InChI is InChI=1S/C24H20N4O2S2/c1-31-18-13-11-17(12-14-18)22-15-24(23-16-25-20-9-5-6-10-21(20)26-23)28(27-22)32(29,30)19-7-3-2-4-8-19/h2-14,16,24H,15H2,1H3. The maximum absolute atomic E-state index is 13.5. The van der Waals surface area contributed by atoms with Crippen molar-refractivity contribution in [3.8, 4) is 0 Å². The van der Waals surface area contributed by atoms with Gasteiger partial charge in [-0.3, -0.25) is 4.98 Å². The largest absolute Gasteiger partial charge is 0.279 e. The maximum Gasteiger partial charge on any atom is 0.279 e. The number of para-hydroxylation sites is 2. The Bertz CT molecular complexity index is 1410. The summed E-state index contributed by atoms with van der Waals surface area (Å²) < 4.78 is 28.2. The molecule has 0 radical (unpaired) electrons. The average Bonchev–Trinajstić information content (AvgIpc) is 3.31. The molecule has 1 atom stereocenters. The SMILES string of the molecule is CSc1ccc(C2=NN(S(=O)(=O)c3ccccc3)C(c3cnc4ccccc4n3)C2)cc1. The van der Waals surface area contributed by atoms with Crippen molar-refractivity contribution in [1.29, 1.82) is 0 Å². The number of aromatic nitrogens is 2. The first-order valence-electron chi connectivity index (χ1n) is 10.1. The minimum Gasteiger partial charge on any atom is -0.253 e. The summed E-state index contributed by atoms with van der Waals surface area (Å²) in [7, 11) is -3.87. The Morgan fingerprint density at radius 2 is 1.59 bits per heavy atom. The highest BCUT2D eigenvalue weighted by molar-refractivity contribution is 7.98. The molecule has 8 heteroatoms. The Kier molecular flexibility index (Phi) is 5.40. The van der Waals surface area contributed by atoms with E-state index >= 15 is 0 Å². The zero-order valence-electron chi connectivity index (χ0n) is 17.3. The number of hydrogen-bond acceptors (Lipinski definition) is 6. The van der Waals surface area contributed by atoms with Crippen LogP contribution in [-0.4, -0.2) is 34.8 Å². The monoisotopic (exact) mass is 460 g/mol. The smallest absolute Gasteiger partial charge is 0.253 e. The van der Waals surface area contributed by atoms with Gasteiger partial charge >= 0.3 is 0 Å². The third-order valence-corrected chi connectivity index (χ3v) is 7.83. The van der Waals surface area contributed by atoms with Crippen molar-refractivity contribution in [2.24, 2.45) is 5.10 Å². The molecule has 0 saturated carbocycles. The lowest BCUT2D eigenvalue weighted by Gasteiger charge is -2.22. The highest BCUT2D eigenvalue weighted by Gasteiger charge is 2.38. The van der Waals surface area contributed by atoms with Crippen LogP contribution in [0.4, 0.5) is 0 Å². The van der Waals surface area contributed by atoms with Gasteiger partial charge in [-0.2, -0.15) is 17.9 Å². The van der Waals surface area contributed by atoms with Gasteiger partial charge in [-0.05, 0) is 48.2 Å². The normalized spacial score (nSPS) is 16.3. The molecule has 0 saturated heterocycles. The third kappa shape index (κ3) is 3.76. The molecule has 0 fully saturated rings. The minimum absolute atomic E-state index is 0.196. The molecule has 160 valence electrons. The van der Waals surface area contributed by atoms with Crippen LogP contribution in [0.5, 0.6) is 0 Å². The van der Waals surface area contributed by atoms with E-state index in [0.29, 0.717) is 17.8 Å². The summed E-state index contributed by atoms with van der Waals surface area (Å²) in [5, 5.41) is 4.59. The molecule has 1 aliphatic heterocycles. The number of benzene rings is 3. The Morgan fingerprint density at radius 3 is 2.31 bits per heavy atom. The van der Waals surface area contributed by atoms with Crippen LogP contribution in [0.3, 0.4) is 0 Å². The fraction of sp³-hybridized carbons (Fsp3) is 0.125. The van der Waals surface area contributed by atoms with E-state index in [4.69, 9.17) is 4.98 Å². The molecule has 0 bridgehead atoms. The molecular weight excluding hydrogens is 440 g/mol. The first kappa shape index (κ1) is 20.7. The lowest BCUT2D eigenvalue weighted by molar-refractivity contribution is 0.365. The minimum atomic E-state index is -3.87. The fourth-order valence-electron chi connectivity index (χ4n) is 3.72. The van der Waals surface area contributed by atoms with Crippen LogP contribution in [0, 0.1) is 0 Å². The Balaban J connectivity index is 1.60. The summed E-state index contributed by atoms with van der Waals surface area (Å²) in [5.41, 5.74) is 3.66. The van der Waals surface area contributed by atoms with Crippen molar-refractivity contribution < 1.29 is 8.42 Å². The van der Waals surface area contributed by atoms with Gasteiger partial charge < -0.3 is 0 Å². The van der Waals surface area contributed by atoms with Crippen molar-refractivity contribution in [2.45, 2.75) is 22.3 Å². The Hall–Kier alpha value is -3.23. The first-order valence-corrected chi connectivity index (χ1v) is 12.8. The van der Waals surface area contributed by atoms with Crippen molar-refractivity contribution >= 4 is 38.5 Å². The molecule has 1 aromatic heterocycles.